The average Bonchev–Trinajstić information content (AvgIpc) is 2.51. The maximum atomic E-state index is 11.0. The molecule has 2 unspecified atom stereocenters. The predicted octanol–water partition coefficient (Wildman–Crippen LogP) is 2.39. The van der Waals surface area contributed by atoms with Crippen LogP contribution in [0.2, 0.25) is 5.04 Å². The Morgan fingerprint density at radius 1 is 0.962 bits per heavy atom. The van der Waals surface area contributed by atoms with E-state index < -0.39 is 41.7 Å². The van der Waals surface area contributed by atoms with Gasteiger partial charge in [0, 0.05) is 0 Å². The van der Waals surface area contributed by atoms with Gasteiger partial charge in [0.2, 0.25) is 0 Å². The largest absolute Gasteiger partial charge is 0.466 e. The van der Waals surface area contributed by atoms with Crippen molar-refractivity contribution in [3.05, 3.63) is 25.3 Å². The fourth-order valence-electron chi connectivity index (χ4n) is 2.00. The Hall–Kier alpha value is -0.210. The first-order chi connectivity index (χ1) is 12.0. The van der Waals surface area contributed by atoms with Crippen LogP contribution in [0.4, 0.5) is 0 Å². The molecule has 0 aromatic carbocycles. The third-order valence-electron chi connectivity index (χ3n) is 3.19. The van der Waals surface area contributed by atoms with Crippen LogP contribution in [-0.2, 0) is 23.6 Å². The van der Waals surface area contributed by atoms with Crippen molar-refractivity contribution in [2.45, 2.75) is 56.8 Å². The predicted molar refractivity (Wildman–Crippen MR) is 99.6 cm³/mol. The quantitative estimate of drug-likeness (QED) is 0.144. The van der Waals surface area contributed by atoms with Gasteiger partial charge in [-0.3, -0.25) is 0 Å². The van der Waals surface area contributed by atoms with E-state index >= 15 is 0 Å². The molecule has 26 heavy (non-hydrogen) atoms. The number of ether oxygens (including phenoxy) is 2. The molecule has 8 nitrogen and oxygen atoms in total. The van der Waals surface area contributed by atoms with Crippen molar-refractivity contribution < 1.29 is 38.3 Å². The van der Waals surface area contributed by atoms with Gasteiger partial charge in [0.1, 0.15) is 0 Å². The zero-order valence-electron chi connectivity index (χ0n) is 15.5. The molecule has 0 aliphatic rings. The van der Waals surface area contributed by atoms with Gasteiger partial charge in [-0.05, 0) is 0 Å². The summed E-state index contributed by atoms with van der Waals surface area (Å²) in [7, 11) is -4.64. The zero-order chi connectivity index (χ0) is 20.6. The summed E-state index contributed by atoms with van der Waals surface area (Å²) in [6.45, 7) is 10.6. The number of rotatable bonds is 12. The standard InChI is InChI=1S/2C8H13O2.Ca.H3O4P/c2*1-4-6-7(3)10-8(9)5-2;;1-5(2,3)4/h2*5,7H,1-2,4,6H2,3H3;;(H3,1,2,3,4). The molecule has 0 bridgehead atoms. The second-order valence-corrected chi connectivity index (χ2v) is 10.1. The first-order valence-corrected chi connectivity index (χ1v) is 13.1. The van der Waals surface area contributed by atoms with Crippen LogP contribution in [0.15, 0.2) is 25.3 Å². The summed E-state index contributed by atoms with van der Waals surface area (Å²) in [6, 6.07) is 0. The van der Waals surface area contributed by atoms with Crippen LogP contribution in [0.1, 0.15) is 39.5 Å². The second-order valence-electron chi connectivity index (χ2n) is 5.76. The maximum absolute atomic E-state index is 11.0. The van der Waals surface area contributed by atoms with Crippen LogP contribution in [-0.4, -0.2) is 72.7 Å². The molecule has 0 aliphatic heterocycles. The molecule has 0 radical (unpaired) electrons. The monoisotopic (exact) mass is 420 g/mol. The van der Waals surface area contributed by atoms with Gasteiger partial charge in [-0.15, -0.1) is 0 Å². The number of carbonyl (C=O) groups is 2. The number of esters is 2. The molecule has 0 saturated carbocycles. The van der Waals surface area contributed by atoms with Gasteiger partial charge < -0.3 is 14.7 Å². The molecule has 0 rings (SSSR count). The molecular formula is C16H29CaO8P. The molecule has 0 spiro atoms. The third kappa shape index (κ3) is 26.0. The van der Waals surface area contributed by atoms with Gasteiger partial charge in [0.05, 0.1) is 0 Å². The van der Waals surface area contributed by atoms with Gasteiger partial charge in [0.25, 0.3) is 0 Å². The summed E-state index contributed by atoms with van der Waals surface area (Å²) in [5, 5.41) is 0. The molecule has 0 aromatic heterocycles. The molecule has 3 N–H and O–H groups in total. The number of hydrogen-bond donors (Lipinski definition) is 3. The Bertz CT molecular complexity index is 437. The van der Waals surface area contributed by atoms with Gasteiger partial charge >= 0.3 is 155 Å². The summed E-state index contributed by atoms with van der Waals surface area (Å²) < 4.78 is 21.7. The van der Waals surface area contributed by atoms with Crippen LogP contribution in [0.3, 0.4) is 0 Å². The summed E-state index contributed by atoms with van der Waals surface area (Å²) in [4.78, 5) is 43.5. The van der Waals surface area contributed by atoms with Crippen LogP contribution >= 0.6 is 7.82 Å². The van der Waals surface area contributed by atoms with E-state index in [9.17, 15) is 9.59 Å². The zero-order valence-corrected chi connectivity index (χ0v) is 18.6. The van der Waals surface area contributed by atoms with E-state index in [-0.39, 0.29) is 24.1 Å². The van der Waals surface area contributed by atoms with Crippen LogP contribution in [0.5, 0.6) is 0 Å². The number of hydrogen-bond acceptors (Lipinski definition) is 5. The van der Waals surface area contributed by atoms with Gasteiger partial charge in [-0.2, -0.15) is 0 Å². The van der Waals surface area contributed by atoms with E-state index in [2.05, 4.69) is 13.2 Å². The molecular weight excluding hydrogens is 391 g/mol. The van der Waals surface area contributed by atoms with Crippen molar-refractivity contribution in [3.63, 3.8) is 0 Å². The second kappa shape index (κ2) is 16.9. The Labute approximate surface area is 173 Å². The van der Waals surface area contributed by atoms with Gasteiger partial charge in [0.15, 0.2) is 0 Å². The van der Waals surface area contributed by atoms with E-state index in [4.69, 9.17) is 28.7 Å². The smallest absolute Gasteiger partial charge is 0.303 e. The van der Waals surface area contributed by atoms with Crippen molar-refractivity contribution in [2.24, 2.45) is 0 Å². The summed E-state index contributed by atoms with van der Waals surface area (Å²) in [6.07, 6.45) is 6.49. The normalized spacial score (nSPS) is 12.5. The van der Waals surface area contributed by atoms with Crippen molar-refractivity contribution in [1.29, 1.82) is 0 Å². The van der Waals surface area contributed by atoms with Crippen molar-refractivity contribution in [2.75, 3.05) is 0 Å². The summed E-state index contributed by atoms with van der Waals surface area (Å²) >= 11 is -0.482. The van der Waals surface area contributed by atoms with E-state index in [1.807, 2.05) is 13.8 Å². The first kappa shape index (κ1) is 28.0. The van der Waals surface area contributed by atoms with Crippen molar-refractivity contribution in [1.82, 2.24) is 0 Å². The maximum Gasteiger partial charge on any atom is 0.466 e. The van der Waals surface area contributed by atoms with Gasteiger partial charge in [-0.1, -0.05) is 0 Å². The van der Waals surface area contributed by atoms with Gasteiger partial charge in [-0.25, -0.2) is 4.57 Å². The Kier molecular flexibility index (Phi) is 18.2. The minimum atomic E-state index is -4.64. The average molecular weight is 420 g/mol. The number of carbonyl (C=O) groups excluding carboxylic acids is 2. The third-order valence-corrected chi connectivity index (χ3v) is 6.31. The minimum absolute atomic E-state index is 0.0174. The number of phosphoric acid groups is 1. The minimum Gasteiger partial charge on any atom is -0.303 e. The molecule has 10 heteroatoms. The Morgan fingerprint density at radius 3 is 1.54 bits per heavy atom. The molecule has 0 aromatic rings. The molecule has 0 fully saturated rings. The first-order valence-electron chi connectivity index (χ1n) is 8.44. The fraction of sp³-hybridized carbons (Fsp3) is 0.625. The molecule has 0 amide bonds. The Morgan fingerprint density at radius 2 is 1.27 bits per heavy atom. The van der Waals surface area contributed by atoms with E-state index in [1.165, 1.54) is 17.2 Å². The molecule has 0 heterocycles. The van der Waals surface area contributed by atoms with E-state index in [1.54, 1.807) is 0 Å². The van der Waals surface area contributed by atoms with Crippen LogP contribution in [0, 0.1) is 0 Å². The van der Waals surface area contributed by atoms with E-state index in [0.717, 1.165) is 25.7 Å². The SMILES string of the molecule is C=CC(=O)OC(C)CC[CH2][Ca][CH2]CCC(C)OC(=O)C=C.O=P(O)(O)O. The molecule has 0 saturated heterocycles. The summed E-state index contributed by atoms with van der Waals surface area (Å²) in [5.74, 6) is -0.681. The van der Waals surface area contributed by atoms with Crippen LogP contribution in [0.25, 0.3) is 0 Å². The topological polar surface area (TPSA) is 130 Å². The van der Waals surface area contributed by atoms with Crippen LogP contribution < -0.4 is 0 Å². The molecule has 0 aliphatic carbocycles. The van der Waals surface area contributed by atoms with Crippen molar-refractivity contribution >= 4 is 53.6 Å². The van der Waals surface area contributed by atoms with Crippen molar-refractivity contribution in [3.8, 4) is 0 Å². The fourth-order valence-corrected chi connectivity index (χ4v) is 4.56. The summed E-state index contributed by atoms with van der Waals surface area (Å²) in [5.41, 5.74) is 0. The molecule has 2 atom stereocenters. The molecule has 148 valence electrons. The van der Waals surface area contributed by atoms with E-state index in [0.29, 0.717) is 0 Å². The Balaban J connectivity index is 0.